The summed E-state index contributed by atoms with van der Waals surface area (Å²) in [6, 6.07) is 0. The van der Waals surface area contributed by atoms with Crippen molar-refractivity contribution in [3.05, 3.63) is 0 Å². The largest absolute Gasteiger partial charge is 0.348 e. The molecule has 3 heteroatoms. The molecule has 3 rings (SSSR count). The lowest BCUT2D eigenvalue weighted by molar-refractivity contribution is -0.158. The Morgan fingerprint density at radius 3 is 2.62 bits per heavy atom. The summed E-state index contributed by atoms with van der Waals surface area (Å²) in [5.74, 6) is 1.88. The standard InChI is InChI=1S/C21H36O3/c1-15(8-6-12-20(4)14-23-19(2,3)24-20)16-10-11-17-18(22)9-7-13-21(16,17)5/h15-17H,6-14H2,1-5H3. The minimum atomic E-state index is -0.436. The molecule has 1 saturated heterocycles. The van der Waals surface area contributed by atoms with E-state index in [1.54, 1.807) is 0 Å². The Kier molecular flexibility index (Phi) is 4.90. The van der Waals surface area contributed by atoms with Gasteiger partial charge in [-0.1, -0.05) is 26.7 Å². The number of Topliss-reactive ketones (excluding diaryl/α,β-unsaturated/α-hetero) is 1. The Bertz CT molecular complexity index is 485. The minimum absolute atomic E-state index is 0.133. The number of rotatable bonds is 5. The second-order valence-electron chi connectivity index (χ2n) is 9.67. The molecule has 3 fully saturated rings. The van der Waals surface area contributed by atoms with Gasteiger partial charge in [0, 0.05) is 12.3 Å². The van der Waals surface area contributed by atoms with Gasteiger partial charge in [0.15, 0.2) is 5.79 Å². The van der Waals surface area contributed by atoms with Crippen LogP contribution in [0.25, 0.3) is 0 Å². The SMILES string of the molecule is CC(CCCC1(C)COC(C)(C)O1)C1CCC2C(=O)CCCC21C. The van der Waals surface area contributed by atoms with Crippen LogP contribution in [0.15, 0.2) is 0 Å². The van der Waals surface area contributed by atoms with Crippen LogP contribution in [0, 0.1) is 23.2 Å². The van der Waals surface area contributed by atoms with Gasteiger partial charge in [-0.3, -0.25) is 4.79 Å². The van der Waals surface area contributed by atoms with Gasteiger partial charge in [0.25, 0.3) is 0 Å². The maximum Gasteiger partial charge on any atom is 0.163 e. The highest BCUT2D eigenvalue weighted by Crippen LogP contribution is 2.57. The molecule has 0 bridgehead atoms. The van der Waals surface area contributed by atoms with Gasteiger partial charge >= 0.3 is 0 Å². The molecule has 0 aromatic heterocycles. The van der Waals surface area contributed by atoms with E-state index < -0.39 is 5.79 Å². The first-order valence-corrected chi connectivity index (χ1v) is 10.0. The average Bonchev–Trinajstić information content (AvgIpc) is 2.96. The number of ether oxygens (including phenoxy) is 2. The van der Waals surface area contributed by atoms with Crippen LogP contribution in [0.5, 0.6) is 0 Å². The number of fused-ring (bicyclic) bond motifs is 1. The molecule has 2 saturated carbocycles. The van der Waals surface area contributed by atoms with Crippen molar-refractivity contribution in [2.45, 2.75) is 97.4 Å². The highest BCUT2D eigenvalue weighted by atomic mass is 16.7. The molecule has 5 atom stereocenters. The molecule has 24 heavy (non-hydrogen) atoms. The van der Waals surface area contributed by atoms with Gasteiger partial charge < -0.3 is 9.47 Å². The van der Waals surface area contributed by atoms with Crippen LogP contribution in [-0.4, -0.2) is 23.8 Å². The summed E-state index contributed by atoms with van der Waals surface area (Å²) in [6.07, 6.45) is 9.04. The molecule has 1 heterocycles. The number of carbonyl (C=O) groups excluding carboxylic acids is 1. The van der Waals surface area contributed by atoms with Crippen LogP contribution in [0.2, 0.25) is 0 Å². The fourth-order valence-electron chi connectivity index (χ4n) is 6.01. The summed E-state index contributed by atoms with van der Waals surface area (Å²) in [4.78, 5) is 12.3. The summed E-state index contributed by atoms with van der Waals surface area (Å²) >= 11 is 0. The Morgan fingerprint density at radius 1 is 1.21 bits per heavy atom. The van der Waals surface area contributed by atoms with Crippen molar-refractivity contribution >= 4 is 5.78 Å². The van der Waals surface area contributed by atoms with Crippen LogP contribution in [-0.2, 0) is 14.3 Å². The third-order valence-corrected chi connectivity index (χ3v) is 7.21. The third kappa shape index (κ3) is 3.44. The second kappa shape index (κ2) is 6.39. The molecule has 0 radical (unpaired) electrons. The van der Waals surface area contributed by atoms with E-state index in [0.717, 1.165) is 31.6 Å². The molecule has 0 aromatic rings. The molecule has 1 aliphatic heterocycles. The number of hydrogen-bond donors (Lipinski definition) is 0. The van der Waals surface area contributed by atoms with Crippen molar-refractivity contribution in [2.24, 2.45) is 23.2 Å². The molecular weight excluding hydrogens is 300 g/mol. The van der Waals surface area contributed by atoms with Crippen molar-refractivity contribution in [1.29, 1.82) is 0 Å². The molecule has 0 spiro atoms. The Hall–Kier alpha value is -0.410. The summed E-state index contributed by atoms with van der Waals surface area (Å²) in [5, 5.41) is 0. The summed E-state index contributed by atoms with van der Waals surface area (Å²) in [6.45, 7) is 11.7. The van der Waals surface area contributed by atoms with E-state index in [-0.39, 0.29) is 11.0 Å². The molecule has 0 aromatic carbocycles. The van der Waals surface area contributed by atoms with E-state index in [4.69, 9.17) is 9.47 Å². The van der Waals surface area contributed by atoms with Gasteiger partial charge in [0.1, 0.15) is 5.78 Å². The molecule has 5 unspecified atom stereocenters. The highest BCUT2D eigenvalue weighted by Gasteiger charge is 2.52. The Balaban J connectivity index is 1.52. The Labute approximate surface area is 147 Å². The maximum absolute atomic E-state index is 12.3. The Morgan fingerprint density at radius 2 is 1.96 bits per heavy atom. The fourth-order valence-corrected chi connectivity index (χ4v) is 6.01. The molecule has 0 amide bonds. The second-order valence-corrected chi connectivity index (χ2v) is 9.67. The van der Waals surface area contributed by atoms with Crippen molar-refractivity contribution in [3.63, 3.8) is 0 Å². The first-order valence-electron chi connectivity index (χ1n) is 10.0. The van der Waals surface area contributed by atoms with Gasteiger partial charge in [-0.05, 0) is 70.1 Å². The van der Waals surface area contributed by atoms with E-state index in [9.17, 15) is 4.79 Å². The van der Waals surface area contributed by atoms with Crippen molar-refractivity contribution < 1.29 is 14.3 Å². The first kappa shape index (κ1) is 18.4. The van der Waals surface area contributed by atoms with E-state index in [1.165, 1.54) is 25.7 Å². The quantitative estimate of drug-likeness (QED) is 0.699. The third-order valence-electron chi connectivity index (χ3n) is 7.21. The highest BCUT2D eigenvalue weighted by molar-refractivity contribution is 5.83. The van der Waals surface area contributed by atoms with Crippen LogP contribution in [0.1, 0.15) is 86.0 Å². The van der Waals surface area contributed by atoms with E-state index in [1.807, 2.05) is 13.8 Å². The van der Waals surface area contributed by atoms with Gasteiger partial charge in [-0.15, -0.1) is 0 Å². The lowest BCUT2D eigenvalue weighted by Crippen LogP contribution is -2.39. The molecule has 0 N–H and O–H groups in total. The molecule has 2 aliphatic carbocycles. The van der Waals surface area contributed by atoms with Crippen molar-refractivity contribution in [3.8, 4) is 0 Å². The van der Waals surface area contributed by atoms with Crippen LogP contribution < -0.4 is 0 Å². The molecule has 3 aliphatic rings. The van der Waals surface area contributed by atoms with E-state index >= 15 is 0 Å². The van der Waals surface area contributed by atoms with Gasteiger partial charge in [-0.2, -0.15) is 0 Å². The predicted octanol–water partition coefficient (Wildman–Crippen LogP) is 5.12. The predicted molar refractivity (Wildman–Crippen MR) is 95.7 cm³/mol. The van der Waals surface area contributed by atoms with Crippen molar-refractivity contribution in [1.82, 2.24) is 0 Å². The van der Waals surface area contributed by atoms with Crippen LogP contribution in [0.3, 0.4) is 0 Å². The molecule has 138 valence electrons. The van der Waals surface area contributed by atoms with E-state index in [2.05, 4.69) is 20.8 Å². The van der Waals surface area contributed by atoms with Crippen LogP contribution in [0.4, 0.5) is 0 Å². The molecule has 3 nitrogen and oxygen atoms in total. The van der Waals surface area contributed by atoms with Gasteiger partial charge in [-0.25, -0.2) is 0 Å². The zero-order valence-corrected chi connectivity index (χ0v) is 16.3. The smallest absolute Gasteiger partial charge is 0.163 e. The average molecular weight is 337 g/mol. The minimum Gasteiger partial charge on any atom is -0.348 e. The normalized spacial score (nSPS) is 43.0. The zero-order valence-electron chi connectivity index (χ0n) is 16.3. The van der Waals surface area contributed by atoms with Gasteiger partial charge in [0.05, 0.1) is 12.2 Å². The summed E-state index contributed by atoms with van der Waals surface area (Å²) in [5.41, 5.74) is 0.139. The summed E-state index contributed by atoms with van der Waals surface area (Å²) < 4.78 is 11.8. The summed E-state index contributed by atoms with van der Waals surface area (Å²) in [7, 11) is 0. The lowest BCUT2D eigenvalue weighted by atomic mass is 9.62. The molecular formula is C21H36O3. The first-order chi connectivity index (χ1) is 11.2. The van der Waals surface area contributed by atoms with Crippen molar-refractivity contribution in [2.75, 3.05) is 6.61 Å². The monoisotopic (exact) mass is 336 g/mol. The number of ketones is 1. The van der Waals surface area contributed by atoms with Gasteiger partial charge in [0.2, 0.25) is 0 Å². The number of hydrogen-bond acceptors (Lipinski definition) is 3. The fraction of sp³-hybridized carbons (Fsp3) is 0.952. The lowest BCUT2D eigenvalue weighted by Gasteiger charge is -2.42. The van der Waals surface area contributed by atoms with E-state index in [0.29, 0.717) is 24.2 Å². The van der Waals surface area contributed by atoms with Crippen LogP contribution >= 0.6 is 0 Å². The topological polar surface area (TPSA) is 35.5 Å². The number of carbonyl (C=O) groups is 1. The maximum atomic E-state index is 12.3. The zero-order chi connectivity index (χ0) is 17.6.